The van der Waals surface area contributed by atoms with E-state index in [9.17, 15) is 4.79 Å². The third-order valence-electron chi connectivity index (χ3n) is 2.81. The number of H-pyrrole nitrogens is 1. The molecule has 0 saturated heterocycles. The first-order chi connectivity index (χ1) is 8.16. The van der Waals surface area contributed by atoms with Gasteiger partial charge in [-0.3, -0.25) is 4.90 Å². The number of imidazole rings is 1. The SMILES string of the molecule is Cn1c(-c2nnn[nH]2)nc2c1CN(C(=O)O)C2. The molecule has 9 heteroatoms. The Hall–Kier alpha value is -2.45. The monoisotopic (exact) mass is 235 g/mol. The summed E-state index contributed by atoms with van der Waals surface area (Å²) < 4.78 is 1.81. The molecule has 2 aromatic rings. The van der Waals surface area contributed by atoms with E-state index in [4.69, 9.17) is 5.11 Å². The second kappa shape index (κ2) is 3.27. The number of nitrogens with one attached hydrogen (secondary N) is 1. The topological polar surface area (TPSA) is 113 Å². The number of tetrazole rings is 1. The van der Waals surface area contributed by atoms with E-state index in [-0.39, 0.29) is 0 Å². The largest absolute Gasteiger partial charge is 0.465 e. The van der Waals surface area contributed by atoms with E-state index in [1.165, 1.54) is 4.90 Å². The average Bonchev–Trinajstić information content (AvgIpc) is 2.95. The maximum Gasteiger partial charge on any atom is 0.408 e. The predicted octanol–water partition coefficient (Wildman–Crippen LogP) is -0.406. The van der Waals surface area contributed by atoms with Crippen molar-refractivity contribution in [3.05, 3.63) is 11.4 Å². The highest BCUT2D eigenvalue weighted by Crippen LogP contribution is 2.25. The number of carboxylic acid groups (broad SMARTS) is 1. The molecule has 88 valence electrons. The summed E-state index contributed by atoms with van der Waals surface area (Å²) in [4.78, 5) is 16.5. The minimum absolute atomic E-state index is 0.306. The molecule has 0 aliphatic carbocycles. The van der Waals surface area contributed by atoms with Gasteiger partial charge in [0.1, 0.15) is 0 Å². The van der Waals surface area contributed by atoms with Crippen molar-refractivity contribution in [3.8, 4) is 11.6 Å². The Morgan fingerprint density at radius 3 is 2.88 bits per heavy atom. The van der Waals surface area contributed by atoms with Gasteiger partial charge < -0.3 is 9.67 Å². The van der Waals surface area contributed by atoms with Crippen LogP contribution in [0.3, 0.4) is 0 Å². The number of aromatic amines is 1. The van der Waals surface area contributed by atoms with Gasteiger partial charge in [-0.15, -0.1) is 5.10 Å². The van der Waals surface area contributed by atoms with Crippen molar-refractivity contribution < 1.29 is 9.90 Å². The van der Waals surface area contributed by atoms with E-state index in [1.807, 2.05) is 7.05 Å². The van der Waals surface area contributed by atoms with E-state index in [0.717, 1.165) is 11.4 Å². The van der Waals surface area contributed by atoms with Crippen LogP contribution in [-0.4, -0.2) is 46.3 Å². The first kappa shape index (κ1) is 9.75. The predicted molar refractivity (Wildman–Crippen MR) is 53.7 cm³/mol. The van der Waals surface area contributed by atoms with Gasteiger partial charge in [0.05, 0.1) is 24.5 Å². The van der Waals surface area contributed by atoms with Gasteiger partial charge in [-0.2, -0.15) is 0 Å². The lowest BCUT2D eigenvalue weighted by atomic mass is 10.4. The lowest BCUT2D eigenvalue weighted by Crippen LogP contribution is -2.24. The first-order valence-corrected chi connectivity index (χ1v) is 4.93. The number of rotatable bonds is 1. The number of carbonyl (C=O) groups is 1. The summed E-state index contributed by atoms with van der Waals surface area (Å²) in [5, 5.41) is 22.3. The van der Waals surface area contributed by atoms with Crippen LogP contribution < -0.4 is 0 Å². The van der Waals surface area contributed by atoms with Crippen LogP contribution >= 0.6 is 0 Å². The third-order valence-corrected chi connectivity index (χ3v) is 2.81. The van der Waals surface area contributed by atoms with Crippen molar-refractivity contribution in [2.45, 2.75) is 13.1 Å². The van der Waals surface area contributed by atoms with Crippen LogP contribution in [0.25, 0.3) is 11.6 Å². The highest BCUT2D eigenvalue weighted by Gasteiger charge is 2.29. The number of fused-ring (bicyclic) bond motifs is 1. The fourth-order valence-electron chi connectivity index (χ4n) is 1.93. The lowest BCUT2D eigenvalue weighted by molar-refractivity contribution is 0.144. The Morgan fingerprint density at radius 2 is 2.29 bits per heavy atom. The van der Waals surface area contributed by atoms with Crippen molar-refractivity contribution >= 4 is 6.09 Å². The molecule has 1 amide bonds. The molecule has 0 radical (unpaired) electrons. The molecule has 1 aliphatic rings. The van der Waals surface area contributed by atoms with E-state index < -0.39 is 6.09 Å². The number of nitrogens with zero attached hydrogens (tertiary/aromatic N) is 6. The van der Waals surface area contributed by atoms with Crippen LogP contribution in [-0.2, 0) is 20.1 Å². The fourth-order valence-corrected chi connectivity index (χ4v) is 1.93. The zero-order valence-electron chi connectivity index (χ0n) is 8.95. The Balaban J connectivity index is 2.00. The van der Waals surface area contributed by atoms with Crippen molar-refractivity contribution in [2.24, 2.45) is 7.05 Å². The maximum atomic E-state index is 10.8. The van der Waals surface area contributed by atoms with Gasteiger partial charge in [0.25, 0.3) is 0 Å². The number of aromatic nitrogens is 6. The molecule has 17 heavy (non-hydrogen) atoms. The second-order valence-electron chi connectivity index (χ2n) is 3.78. The number of amides is 1. The molecule has 1 aliphatic heterocycles. The zero-order valence-corrected chi connectivity index (χ0v) is 8.95. The third kappa shape index (κ3) is 1.35. The molecule has 0 atom stereocenters. The molecule has 0 spiro atoms. The molecule has 0 bridgehead atoms. The highest BCUT2D eigenvalue weighted by atomic mass is 16.4. The summed E-state index contributed by atoms with van der Waals surface area (Å²) in [7, 11) is 1.81. The molecule has 3 heterocycles. The van der Waals surface area contributed by atoms with Crippen molar-refractivity contribution in [1.29, 1.82) is 0 Å². The van der Waals surface area contributed by atoms with Crippen LogP contribution in [0.1, 0.15) is 11.4 Å². The van der Waals surface area contributed by atoms with Crippen LogP contribution in [0.4, 0.5) is 4.79 Å². The minimum Gasteiger partial charge on any atom is -0.465 e. The van der Waals surface area contributed by atoms with Crippen LogP contribution in [0, 0.1) is 0 Å². The van der Waals surface area contributed by atoms with Crippen molar-refractivity contribution in [3.63, 3.8) is 0 Å². The molecule has 0 unspecified atom stereocenters. The van der Waals surface area contributed by atoms with E-state index in [1.54, 1.807) is 4.57 Å². The molecule has 2 aromatic heterocycles. The molecular formula is C8H9N7O2. The standard InChI is InChI=1S/C8H9N7O2/c1-14-5-3-15(8(16)17)2-4(5)9-7(14)6-10-12-13-11-6/h2-3H2,1H3,(H,16,17)(H,10,11,12,13). The van der Waals surface area contributed by atoms with Crippen LogP contribution in [0.15, 0.2) is 0 Å². The normalized spacial score (nSPS) is 14.1. The Kier molecular flexibility index (Phi) is 1.88. The Bertz CT molecular complexity index is 573. The Labute approximate surface area is 95.1 Å². The quantitative estimate of drug-likeness (QED) is 0.695. The van der Waals surface area contributed by atoms with Gasteiger partial charge in [0.15, 0.2) is 5.82 Å². The first-order valence-electron chi connectivity index (χ1n) is 4.93. The summed E-state index contributed by atoms with van der Waals surface area (Å²) in [5.74, 6) is 1.09. The van der Waals surface area contributed by atoms with Crippen molar-refractivity contribution in [2.75, 3.05) is 0 Å². The number of hydrogen-bond acceptors (Lipinski definition) is 5. The summed E-state index contributed by atoms with van der Waals surface area (Å²) in [6.45, 7) is 0.649. The molecule has 2 N–H and O–H groups in total. The molecule has 0 fully saturated rings. The van der Waals surface area contributed by atoms with Gasteiger partial charge in [-0.25, -0.2) is 14.9 Å². The van der Waals surface area contributed by atoms with Gasteiger partial charge in [0.2, 0.25) is 5.82 Å². The Morgan fingerprint density at radius 1 is 1.47 bits per heavy atom. The van der Waals surface area contributed by atoms with Crippen LogP contribution in [0.5, 0.6) is 0 Å². The molecule has 3 rings (SSSR count). The van der Waals surface area contributed by atoms with Crippen molar-refractivity contribution in [1.82, 2.24) is 35.1 Å². The highest BCUT2D eigenvalue weighted by molar-refractivity contribution is 5.66. The fraction of sp³-hybridized carbons (Fsp3) is 0.375. The lowest BCUT2D eigenvalue weighted by Gasteiger charge is -2.10. The maximum absolute atomic E-state index is 10.8. The van der Waals surface area contributed by atoms with E-state index in [2.05, 4.69) is 25.6 Å². The molecular weight excluding hydrogens is 226 g/mol. The van der Waals surface area contributed by atoms with Gasteiger partial charge in [0, 0.05) is 7.05 Å². The molecule has 9 nitrogen and oxygen atoms in total. The van der Waals surface area contributed by atoms with Gasteiger partial charge >= 0.3 is 6.09 Å². The number of hydrogen-bond donors (Lipinski definition) is 2. The minimum atomic E-state index is -0.939. The smallest absolute Gasteiger partial charge is 0.408 e. The van der Waals surface area contributed by atoms with Gasteiger partial charge in [-0.1, -0.05) is 0 Å². The zero-order chi connectivity index (χ0) is 12.0. The summed E-state index contributed by atoms with van der Waals surface area (Å²) in [6, 6.07) is 0. The average molecular weight is 235 g/mol. The second-order valence-corrected chi connectivity index (χ2v) is 3.78. The van der Waals surface area contributed by atoms with E-state index in [0.29, 0.717) is 24.7 Å². The van der Waals surface area contributed by atoms with Gasteiger partial charge in [-0.05, 0) is 10.4 Å². The summed E-state index contributed by atoms with van der Waals surface area (Å²) in [5.41, 5.74) is 1.63. The molecule has 0 saturated carbocycles. The summed E-state index contributed by atoms with van der Waals surface area (Å²) >= 11 is 0. The summed E-state index contributed by atoms with van der Waals surface area (Å²) in [6.07, 6.45) is -0.939. The molecule has 0 aromatic carbocycles. The van der Waals surface area contributed by atoms with Crippen LogP contribution in [0.2, 0.25) is 0 Å². The van der Waals surface area contributed by atoms with E-state index >= 15 is 0 Å².